The lowest BCUT2D eigenvalue weighted by Crippen LogP contribution is -2.54. The van der Waals surface area contributed by atoms with Crippen molar-refractivity contribution in [1.29, 1.82) is 0 Å². The Bertz CT molecular complexity index is 513. The van der Waals surface area contributed by atoms with Crippen LogP contribution >= 0.6 is 0 Å². The molecule has 2 aliphatic rings. The summed E-state index contributed by atoms with van der Waals surface area (Å²) in [6, 6.07) is 0.0600. The quantitative estimate of drug-likeness (QED) is 0.694. The summed E-state index contributed by atoms with van der Waals surface area (Å²) in [5.41, 5.74) is 6.10. The van der Waals surface area contributed by atoms with Gasteiger partial charge in [-0.2, -0.15) is 5.10 Å². The lowest BCUT2D eigenvalue weighted by atomic mass is 10.2. The molecule has 2 saturated heterocycles. The van der Waals surface area contributed by atoms with Gasteiger partial charge in [0.05, 0.1) is 17.9 Å². The minimum atomic E-state index is -0.0306. The molecule has 19 heavy (non-hydrogen) atoms. The minimum absolute atomic E-state index is 0.00194. The topological polar surface area (TPSA) is 96.5 Å². The molecule has 3 rings (SSSR count). The Labute approximate surface area is 110 Å². The van der Waals surface area contributed by atoms with E-state index in [0.29, 0.717) is 31.9 Å². The Morgan fingerprint density at radius 2 is 2.37 bits per heavy atom. The summed E-state index contributed by atoms with van der Waals surface area (Å²) in [5, 5.41) is 6.79. The first-order chi connectivity index (χ1) is 9.13. The van der Waals surface area contributed by atoms with Gasteiger partial charge < -0.3 is 20.9 Å². The number of nitrogens with zero attached hydrogens (tertiary/aromatic N) is 4. The van der Waals surface area contributed by atoms with Gasteiger partial charge in [-0.3, -0.25) is 9.48 Å². The molecular formula is C11H16N6O2. The molecular weight excluding hydrogens is 248 g/mol. The lowest BCUT2D eigenvalue weighted by Gasteiger charge is -2.36. The van der Waals surface area contributed by atoms with Crippen molar-refractivity contribution < 1.29 is 9.59 Å². The van der Waals surface area contributed by atoms with E-state index < -0.39 is 0 Å². The maximum absolute atomic E-state index is 12.1. The number of carbonyl (C=O) groups excluding carboxylic acids is 2. The fraction of sp³-hybridized carbons (Fsp3) is 0.545. The largest absolute Gasteiger partial charge is 0.396 e. The normalized spacial score (nSPS) is 22.3. The first-order valence-corrected chi connectivity index (χ1v) is 6.23. The molecule has 0 radical (unpaired) electrons. The van der Waals surface area contributed by atoms with E-state index in [1.54, 1.807) is 16.0 Å². The van der Waals surface area contributed by atoms with E-state index in [1.807, 2.05) is 0 Å². The van der Waals surface area contributed by atoms with Crippen molar-refractivity contribution in [2.45, 2.75) is 12.6 Å². The van der Waals surface area contributed by atoms with Crippen molar-refractivity contribution in [3.63, 3.8) is 0 Å². The molecule has 0 spiro atoms. The number of hydrogen-bond donors (Lipinski definition) is 2. The number of carbonyl (C=O) groups is 2. The number of fused-ring (bicyclic) bond motifs is 1. The number of nitrogens with one attached hydrogen (secondary N) is 1. The zero-order valence-corrected chi connectivity index (χ0v) is 10.5. The van der Waals surface area contributed by atoms with Crippen LogP contribution in [0.25, 0.3) is 0 Å². The van der Waals surface area contributed by atoms with E-state index in [-0.39, 0.29) is 24.5 Å². The second kappa shape index (κ2) is 4.45. The molecule has 2 fully saturated rings. The lowest BCUT2D eigenvalue weighted by molar-refractivity contribution is -0.134. The van der Waals surface area contributed by atoms with E-state index in [1.165, 1.54) is 10.9 Å². The van der Waals surface area contributed by atoms with Gasteiger partial charge in [-0.15, -0.1) is 0 Å². The SMILES string of the molecule is Nc1cnn(CC(=O)N2CCN3C(=O)NCC3C2)c1. The summed E-state index contributed by atoms with van der Waals surface area (Å²) < 4.78 is 1.53. The molecule has 8 heteroatoms. The van der Waals surface area contributed by atoms with Crippen molar-refractivity contribution in [2.75, 3.05) is 31.9 Å². The van der Waals surface area contributed by atoms with Crippen LogP contribution in [-0.4, -0.2) is 63.7 Å². The summed E-state index contributed by atoms with van der Waals surface area (Å²) in [5.74, 6) is 0.00194. The highest BCUT2D eigenvalue weighted by Gasteiger charge is 2.36. The van der Waals surface area contributed by atoms with Crippen LogP contribution in [0.3, 0.4) is 0 Å². The van der Waals surface area contributed by atoms with E-state index in [0.717, 1.165) is 0 Å². The fourth-order valence-electron chi connectivity index (χ4n) is 2.54. The summed E-state index contributed by atoms with van der Waals surface area (Å²) >= 11 is 0. The highest BCUT2D eigenvalue weighted by Crippen LogP contribution is 2.14. The van der Waals surface area contributed by atoms with Crippen LogP contribution < -0.4 is 11.1 Å². The summed E-state index contributed by atoms with van der Waals surface area (Å²) in [7, 11) is 0. The average molecular weight is 264 g/mol. The number of rotatable bonds is 2. The first-order valence-electron chi connectivity index (χ1n) is 6.23. The van der Waals surface area contributed by atoms with E-state index >= 15 is 0 Å². The molecule has 3 N–H and O–H groups in total. The van der Waals surface area contributed by atoms with E-state index in [4.69, 9.17) is 5.73 Å². The van der Waals surface area contributed by atoms with Gasteiger partial charge in [0.15, 0.2) is 0 Å². The number of piperazine rings is 1. The number of nitrogen functional groups attached to an aromatic ring is 1. The Balaban J connectivity index is 1.61. The Morgan fingerprint density at radius 1 is 1.53 bits per heavy atom. The third kappa shape index (κ3) is 2.20. The van der Waals surface area contributed by atoms with Gasteiger partial charge in [0.1, 0.15) is 6.54 Å². The summed E-state index contributed by atoms with van der Waals surface area (Å²) in [6.07, 6.45) is 3.15. The highest BCUT2D eigenvalue weighted by molar-refractivity contribution is 5.79. The molecule has 1 aromatic rings. The van der Waals surface area contributed by atoms with Crippen LogP contribution in [0.1, 0.15) is 0 Å². The zero-order chi connectivity index (χ0) is 13.4. The summed E-state index contributed by atoms with van der Waals surface area (Å²) in [4.78, 5) is 27.2. The molecule has 2 aliphatic heterocycles. The van der Waals surface area contributed by atoms with Crippen molar-refractivity contribution in [2.24, 2.45) is 0 Å². The van der Waals surface area contributed by atoms with E-state index in [2.05, 4.69) is 10.4 Å². The minimum Gasteiger partial charge on any atom is -0.396 e. The Hall–Kier alpha value is -2.25. The number of urea groups is 1. The Kier molecular flexibility index (Phi) is 2.77. The van der Waals surface area contributed by atoms with Gasteiger partial charge in [-0.05, 0) is 0 Å². The summed E-state index contributed by atoms with van der Waals surface area (Å²) in [6.45, 7) is 2.53. The maximum atomic E-state index is 12.1. The molecule has 3 heterocycles. The number of amides is 3. The number of aromatic nitrogens is 2. The van der Waals surface area contributed by atoms with Crippen LogP contribution in [0.5, 0.6) is 0 Å². The van der Waals surface area contributed by atoms with Crippen LogP contribution in [0, 0.1) is 0 Å². The van der Waals surface area contributed by atoms with Gasteiger partial charge in [-0.1, -0.05) is 0 Å². The molecule has 1 aromatic heterocycles. The van der Waals surface area contributed by atoms with Crippen LogP contribution in [0.4, 0.5) is 10.5 Å². The van der Waals surface area contributed by atoms with Gasteiger partial charge in [0.25, 0.3) is 0 Å². The average Bonchev–Trinajstić information content (AvgIpc) is 2.96. The zero-order valence-electron chi connectivity index (χ0n) is 10.5. The molecule has 3 amide bonds. The number of anilines is 1. The molecule has 0 saturated carbocycles. The predicted octanol–water partition coefficient (Wildman–Crippen LogP) is -1.30. The monoisotopic (exact) mass is 264 g/mol. The Morgan fingerprint density at radius 3 is 3.11 bits per heavy atom. The standard InChI is InChI=1S/C11H16N6O2/c12-8-3-14-16(5-8)7-10(18)15-1-2-17-9(6-15)4-13-11(17)19/h3,5,9H,1-2,4,6-7,12H2,(H,13,19). The van der Waals surface area contributed by atoms with Gasteiger partial charge in [0, 0.05) is 32.4 Å². The second-order valence-electron chi connectivity index (χ2n) is 4.84. The van der Waals surface area contributed by atoms with E-state index in [9.17, 15) is 9.59 Å². The van der Waals surface area contributed by atoms with Crippen molar-refractivity contribution >= 4 is 17.6 Å². The number of hydrogen-bond acceptors (Lipinski definition) is 4. The molecule has 102 valence electrons. The third-order valence-corrected chi connectivity index (χ3v) is 3.54. The second-order valence-corrected chi connectivity index (χ2v) is 4.84. The predicted molar refractivity (Wildman–Crippen MR) is 67.1 cm³/mol. The van der Waals surface area contributed by atoms with Crippen molar-refractivity contribution in [3.05, 3.63) is 12.4 Å². The van der Waals surface area contributed by atoms with Crippen molar-refractivity contribution in [3.8, 4) is 0 Å². The van der Waals surface area contributed by atoms with Gasteiger partial charge in [0.2, 0.25) is 5.91 Å². The smallest absolute Gasteiger partial charge is 0.317 e. The molecule has 0 bridgehead atoms. The maximum Gasteiger partial charge on any atom is 0.317 e. The van der Waals surface area contributed by atoms with Crippen molar-refractivity contribution in [1.82, 2.24) is 24.9 Å². The number of nitrogens with two attached hydrogens (primary N) is 1. The highest BCUT2D eigenvalue weighted by atomic mass is 16.2. The van der Waals surface area contributed by atoms with Gasteiger partial charge >= 0.3 is 6.03 Å². The van der Waals surface area contributed by atoms with Crippen LogP contribution in [0.2, 0.25) is 0 Å². The molecule has 1 unspecified atom stereocenters. The van der Waals surface area contributed by atoms with Gasteiger partial charge in [-0.25, -0.2) is 4.79 Å². The van der Waals surface area contributed by atoms with Crippen LogP contribution in [-0.2, 0) is 11.3 Å². The first kappa shape index (κ1) is 11.8. The third-order valence-electron chi connectivity index (χ3n) is 3.54. The van der Waals surface area contributed by atoms with Crippen LogP contribution in [0.15, 0.2) is 12.4 Å². The molecule has 0 aromatic carbocycles. The fourth-order valence-corrected chi connectivity index (χ4v) is 2.54. The molecule has 1 atom stereocenters. The molecule has 0 aliphatic carbocycles. The molecule has 8 nitrogen and oxygen atoms in total.